The molecule has 0 aliphatic carbocycles. The molecule has 2 rings (SSSR count). The Morgan fingerprint density at radius 1 is 0.828 bits per heavy atom. The zero-order chi connectivity index (χ0) is 21.5. The molecule has 0 saturated carbocycles. The van der Waals surface area contributed by atoms with Crippen LogP contribution < -0.4 is 14.8 Å². The molecular weight excluding hydrogens is 482 g/mol. The lowest BCUT2D eigenvalue weighted by Gasteiger charge is -2.09. The maximum absolute atomic E-state index is 12.2. The highest BCUT2D eigenvalue weighted by atomic mass is 79.9. The number of nitrogens with one attached hydrogen (secondary N) is 3. The fourth-order valence-electron chi connectivity index (χ4n) is 2.26. The van der Waals surface area contributed by atoms with Gasteiger partial charge in [-0.2, -0.15) is 0 Å². The summed E-state index contributed by atoms with van der Waals surface area (Å²) in [4.78, 5) is 12.2. The van der Waals surface area contributed by atoms with Crippen LogP contribution in [0.25, 0.3) is 0 Å². The zero-order valence-electron chi connectivity index (χ0n) is 15.7. The first-order chi connectivity index (χ1) is 13.6. The Bertz CT molecular complexity index is 1040. The Labute approximate surface area is 179 Å². The van der Waals surface area contributed by atoms with Gasteiger partial charge in [-0.1, -0.05) is 22.9 Å². The third-order valence-electron chi connectivity index (χ3n) is 3.76. The molecule has 0 aliphatic heterocycles. The van der Waals surface area contributed by atoms with Gasteiger partial charge >= 0.3 is 0 Å². The van der Waals surface area contributed by atoms with Crippen LogP contribution in [0.2, 0.25) is 0 Å². The van der Waals surface area contributed by atoms with Gasteiger partial charge in [0, 0.05) is 29.7 Å². The van der Waals surface area contributed by atoms with Gasteiger partial charge in [0.15, 0.2) is 0 Å². The van der Waals surface area contributed by atoms with Gasteiger partial charge in [0.25, 0.3) is 0 Å². The van der Waals surface area contributed by atoms with E-state index in [-0.39, 0.29) is 22.8 Å². The van der Waals surface area contributed by atoms with Crippen molar-refractivity contribution in [2.75, 3.05) is 18.4 Å². The molecular formula is C18H22BrN3O5S2. The molecule has 0 aromatic heterocycles. The normalized spacial score (nSPS) is 11.9. The first-order valence-electron chi connectivity index (χ1n) is 8.79. The topological polar surface area (TPSA) is 121 Å². The van der Waals surface area contributed by atoms with Crippen LogP contribution in [0.3, 0.4) is 0 Å². The molecule has 0 saturated heterocycles. The fraction of sp³-hybridized carbons (Fsp3) is 0.278. The number of amides is 1. The van der Waals surface area contributed by atoms with Crippen LogP contribution in [0.4, 0.5) is 5.69 Å². The van der Waals surface area contributed by atoms with Crippen molar-refractivity contribution in [3.05, 3.63) is 53.0 Å². The molecule has 8 nitrogen and oxygen atoms in total. The molecule has 0 radical (unpaired) electrons. The zero-order valence-corrected chi connectivity index (χ0v) is 18.9. The van der Waals surface area contributed by atoms with E-state index in [0.29, 0.717) is 18.7 Å². The first-order valence-corrected chi connectivity index (χ1v) is 12.5. The SMILES string of the molecule is CCCNS(=O)(=O)c1ccc(NC(=O)CCNS(=O)(=O)c2ccc(Br)cc2)cc1. The maximum atomic E-state index is 12.2. The molecule has 0 heterocycles. The van der Waals surface area contributed by atoms with Crippen LogP contribution in [-0.4, -0.2) is 35.8 Å². The van der Waals surface area contributed by atoms with E-state index >= 15 is 0 Å². The number of rotatable bonds is 10. The number of benzene rings is 2. The van der Waals surface area contributed by atoms with E-state index in [4.69, 9.17) is 0 Å². The number of hydrogen-bond acceptors (Lipinski definition) is 5. The highest BCUT2D eigenvalue weighted by Gasteiger charge is 2.15. The average Bonchev–Trinajstić information content (AvgIpc) is 2.67. The molecule has 2 aromatic rings. The van der Waals surface area contributed by atoms with Gasteiger partial charge in [0.2, 0.25) is 26.0 Å². The third kappa shape index (κ3) is 7.19. The minimum Gasteiger partial charge on any atom is -0.326 e. The van der Waals surface area contributed by atoms with E-state index in [2.05, 4.69) is 30.7 Å². The average molecular weight is 504 g/mol. The van der Waals surface area contributed by atoms with Gasteiger partial charge in [-0.05, 0) is 55.0 Å². The van der Waals surface area contributed by atoms with Crippen LogP contribution in [0.1, 0.15) is 19.8 Å². The predicted octanol–water partition coefficient (Wildman–Crippen LogP) is 2.44. The number of carbonyl (C=O) groups is 1. The van der Waals surface area contributed by atoms with Crippen molar-refractivity contribution >= 4 is 47.6 Å². The molecule has 0 bridgehead atoms. The molecule has 0 atom stereocenters. The van der Waals surface area contributed by atoms with Gasteiger partial charge in [0.1, 0.15) is 0 Å². The second-order valence-corrected chi connectivity index (χ2v) is 10.5. The summed E-state index contributed by atoms with van der Waals surface area (Å²) in [7, 11) is -7.27. The van der Waals surface area contributed by atoms with Crippen molar-refractivity contribution in [1.29, 1.82) is 0 Å². The summed E-state index contributed by atoms with van der Waals surface area (Å²) in [6.07, 6.45) is 0.604. The summed E-state index contributed by atoms with van der Waals surface area (Å²) in [6.45, 7) is 2.13. The highest BCUT2D eigenvalue weighted by Crippen LogP contribution is 2.15. The summed E-state index contributed by atoms with van der Waals surface area (Å²) >= 11 is 3.24. The van der Waals surface area contributed by atoms with Gasteiger partial charge in [-0.3, -0.25) is 4.79 Å². The first kappa shape index (κ1) is 23.5. The summed E-state index contributed by atoms with van der Waals surface area (Å²) < 4.78 is 54.0. The van der Waals surface area contributed by atoms with Crippen molar-refractivity contribution in [3.63, 3.8) is 0 Å². The number of sulfonamides is 2. The van der Waals surface area contributed by atoms with E-state index in [0.717, 1.165) is 4.47 Å². The molecule has 29 heavy (non-hydrogen) atoms. The van der Waals surface area contributed by atoms with E-state index in [1.54, 1.807) is 12.1 Å². The van der Waals surface area contributed by atoms with E-state index < -0.39 is 26.0 Å². The number of hydrogen-bond donors (Lipinski definition) is 3. The number of carbonyl (C=O) groups excluding carboxylic acids is 1. The Morgan fingerprint density at radius 2 is 1.31 bits per heavy atom. The second kappa shape index (κ2) is 10.3. The minimum absolute atomic E-state index is 0.0718. The Hall–Kier alpha value is -1.79. The molecule has 0 fully saturated rings. The monoisotopic (exact) mass is 503 g/mol. The summed E-state index contributed by atoms with van der Waals surface area (Å²) in [5.74, 6) is -0.400. The molecule has 11 heteroatoms. The molecule has 158 valence electrons. The van der Waals surface area contributed by atoms with Crippen molar-refractivity contribution in [3.8, 4) is 0 Å². The molecule has 0 aliphatic rings. The second-order valence-electron chi connectivity index (χ2n) is 6.07. The van der Waals surface area contributed by atoms with Gasteiger partial charge in [-0.15, -0.1) is 0 Å². The lowest BCUT2D eigenvalue weighted by atomic mass is 10.3. The Morgan fingerprint density at radius 3 is 1.83 bits per heavy atom. The minimum atomic E-state index is -3.70. The van der Waals surface area contributed by atoms with E-state index in [1.807, 2.05) is 6.92 Å². The van der Waals surface area contributed by atoms with Crippen molar-refractivity contribution in [1.82, 2.24) is 9.44 Å². The van der Waals surface area contributed by atoms with Crippen LogP contribution >= 0.6 is 15.9 Å². The van der Waals surface area contributed by atoms with Crippen LogP contribution in [0.15, 0.2) is 62.8 Å². The summed E-state index contributed by atoms with van der Waals surface area (Å²) in [5.41, 5.74) is 0.417. The third-order valence-corrected chi connectivity index (χ3v) is 7.24. The van der Waals surface area contributed by atoms with E-state index in [1.165, 1.54) is 36.4 Å². The number of halogens is 1. The van der Waals surface area contributed by atoms with Crippen LogP contribution in [0.5, 0.6) is 0 Å². The Kier molecular flexibility index (Phi) is 8.34. The van der Waals surface area contributed by atoms with Crippen molar-refractivity contribution < 1.29 is 21.6 Å². The lowest BCUT2D eigenvalue weighted by molar-refractivity contribution is -0.116. The molecule has 2 aromatic carbocycles. The van der Waals surface area contributed by atoms with Crippen molar-refractivity contribution in [2.24, 2.45) is 0 Å². The van der Waals surface area contributed by atoms with Crippen molar-refractivity contribution in [2.45, 2.75) is 29.6 Å². The smallest absolute Gasteiger partial charge is 0.240 e. The standard InChI is InChI=1S/C18H22BrN3O5S2/c1-2-12-20-28(24,25)17-9-5-15(6-10-17)22-18(23)11-13-21-29(26,27)16-7-3-14(19)4-8-16/h3-10,20-21H,2,11-13H2,1H3,(H,22,23). The van der Waals surface area contributed by atoms with E-state index in [9.17, 15) is 21.6 Å². The Balaban J connectivity index is 1.87. The van der Waals surface area contributed by atoms with Crippen LogP contribution in [-0.2, 0) is 24.8 Å². The molecule has 0 unspecified atom stereocenters. The van der Waals surface area contributed by atoms with Gasteiger partial charge in [0.05, 0.1) is 9.79 Å². The van der Waals surface area contributed by atoms with Gasteiger partial charge < -0.3 is 5.32 Å². The molecule has 1 amide bonds. The largest absolute Gasteiger partial charge is 0.326 e. The molecule has 3 N–H and O–H groups in total. The summed E-state index contributed by atoms with van der Waals surface area (Å²) in [5, 5.41) is 2.60. The van der Waals surface area contributed by atoms with Crippen LogP contribution in [0, 0.1) is 0 Å². The predicted molar refractivity (Wildman–Crippen MR) is 114 cm³/mol. The summed E-state index contributed by atoms with van der Waals surface area (Å²) in [6, 6.07) is 11.9. The maximum Gasteiger partial charge on any atom is 0.240 e. The lowest BCUT2D eigenvalue weighted by Crippen LogP contribution is -2.27. The molecule has 0 spiro atoms. The highest BCUT2D eigenvalue weighted by molar-refractivity contribution is 9.10. The quantitative estimate of drug-likeness (QED) is 0.459. The van der Waals surface area contributed by atoms with Gasteiger partial charge in [-0.25, -0.2) is 26.3 Å². The number of anilines is 1. The fourth-order valence-corrected chi connectivity index (χ4v) is 4.69.